The lowest BCUT2D eigenvalue weighted by atomic mass is 10.1. The van der Waals surface area contributed by atoms with E-state index >= 15 is 0 Å². The lowest BCUT2D eigenvalue weighted by molar-refractivity contribution is -0.148. The van der Waals surface area contributed by atoms with Gasteiger partial charge in [-0.2, -0.15) is 0 Å². The number of amides is 1. The Labute approximate surface area is 134 Å². The van der Waals surface area contributed by atoms with Gasteiger partial charge in [-0.3, -0.25) is 4.79 Å². The van der Waals surface area contributed by atoms with Crippen LogP contribution in [0, 0.1) is 18.6 Å². The summed E-state index contributed by atoms with van der Waals surface area (Å²) in [6.07, 6.45) is 2.69. The molecule has 23 heavy (non-hydrogen) atoms. The van der Waals surface area contributed by atoms with Crippen molar-refractivity contribution in [3.05, 3.63) is 34.9 Å². The van der Waals surface area contributed by atoms with Gasteiger partial charge < -0.3 is 9.64 Å². The van der Waals surface area contributed by atoms with E-state index in [4.69, 9.17) is 4.74 Å². The molecule has 2 rings (SSSR count). The maximum atomic E-state index is 14.1. The van der Waals surface area contributed by atoms with Crippen molar-refractivity contribution in [2.24, 2.45) is 0 Å². The van der Waals surface area contributed by atoms with Crippen molar-refractivity contribution >= 4 is 11.9 Å². The quantitative estimate of drug-likeness (QED) is 0.617. The Balaban J connectivity index is 2.18. The first kappa shape index (κ1) is 17.4. The molecule has 1 atom stereocenters. The fourth-order valence-electron chi connectivity index (χ4n) is 2.66. The van der Waals surface area contributed by atoms with Crippen LogP contribution in [-0.4, -0.2) is 36.0 Å². The summed E-state index contributed by atoms with van der Waals surface area (Å²) in [5, 5.41) is 0. The molecule has 126 valence electrons. The number of esters is 1. The molecule has 1 aliphatic heterocycles. The third kappa shape index (κ3) is 3.68. The van der Waals surface area contributed by atoms with Crippen molar-refractivity contribution in [3.63, 3.8) is 0 Å². The highest BCUT2D eigenvalue weighted by atomic mass is 19.1. The molecule has 4 nitrogen and oxygen atoms in total. The van der Waals surface area contributed by atoms with Crippen molar-refractivity contribution in [2.75, 3.05) is 13.2 Å². The van der Waals surface area contributed by atoms with Crippen molar-refractivity contribution in [1.82, 2.24) is 4.90 Å². The highest BCUT2D eigenvalue weighted by Crippen LogP contribution is 2.25. The standard InChI is InChI=1S/C17H21F2NO3/c1-3-4-10-23-17(22)13-6-5-9-20(13)16(21)14-12(18)8-7-11(2)15(14)19/h7-8,13H,3-6,9-10H2,1-2H3. The fraction of sp³-hybridized carbons (Fsp3) is 0.529. The molecule has 0 aromatic heterocycles. The number of carbonyl (C=O) groups excluding carboxylic acids is 2. The average Bonchev–Trinajstić information content (AvgIpc) is 3.01. The minimum absolute atomic E-state index is 0.191. The second kappa shape index (κ2) is 7.53. The molecular weight excluding hydrogens is 304 g/mol. The Morgan fingerprint density at radius 3 is 2.78 bits per heavy atom. The lowest BCUT2D eigenvalue weighted by Gasteiger charge is -2.24. The summed E-state index contributed by atoms with van der Waals surface area (Å²) in [5.74, 6) is -3.08. The number of nitrogens with zero attached hydrogens (tertiary/aromatic N) is 1. The molecule has 1 amide bonds. The summed E-state index contributed by atoms with van der Waals surface area (Å²) in [5.41, 5.74) is -0.408. The van der Waals surface area contributed by atoms with Crippen LogP contribution in [0.2, 0.25) is 0 Å². The van der Waals surface area contributed by atoms with Crippen LogP contribution in [0.3, 0.4) is 0 Å². The summed E-state index contributed by atoms with van der Waals surface area (Å²) < 4.78 is 33.2. The zero-order valence-electron chi connectivity index (χ0n) is 13.4. The molecule has 1 aliphatic rings. The SMILES string of the molecule is CCCCOC(=O)C1CCCN1C(=O)c1c(F)ccc(C)c1F. The number of benzene rings is 1. The molecule has 0 aliphatic carbocycles. The third-order valence-corrected chi connectivity index (χ3v) is 4.03. The number of carbonyl (C=O) groups is 2. The zero-order valence-corrected chi connectivity index (χ0v) is 13.4. The maximum absolute atomic E-state index is 14.1. The number of hydrogen-bond acceptors (Lipinski definition) is 3. The second-order valence-corrected chi connectivity index (χ2v) is 5.73. The highest BCUT2D eigenvalue weighted by molar-refractivity contribution is 5.97. The van der Waals surface area contributed by atoms with Gasteiger partial charge in [0.2, 0.25) is 0 Å². The number of ether oxygens (including phenoxy) is 1. The maximum Gasteiger partial charge on any atom is 0.328 e. The predicted octanol–water partition coefficient (Wildman–Crippen LogP) is 3.22. The van der Waals surface area contributed by atoms with E-state index in [1.807, 2.05) is 6.92 Å². The third-order valence-electron chi connectivity index (χ3n) is 4.03. The average molecular weight is 325 g/mol. The molecule has 1 unspecified atom stereocenters. The van der Waals surface area contributed by atoms with Crippen LogP contribution >= 0.6 is 0 Å². The predicted molar refractivity (Wildman–Crippen MR) is 81.0 cm³/mol. The van der Waals surface area contributed by atoms with Crippen LogP contribution in [0.15, 0.2) is 12.1 Å². The minimum Gasteiger partial charge on any atom is -0.464 e. The van der Waals surface area contributed by atoms with Gasteiger partial charge in [-0.05, 0) is 37.8 Å². The van der Waals surface area contributed by atoms with Gasteiger partial charge in [0.25, 0.3) is 5.91 Å². The first-order valence-corrected chi connectivity index (χ1v) is 7.89. The van der Waals surface area contributed by atoms with Crippen LogP contribution in [0.4, 0.5) is 8.78 Å². The largest absolute Gasteiger partial charge is 0.464 e. The van der Waals surface area contributed by atoms with E-state index in [-0.39, 0.29) is 5.56 Å². The van der Waals surface area contributed by atoms with E-state index in [1.165, 1.54) is 17.9 Å². The van der Waals surface area contributed by atoms with E-state index in [1.54, 1.807) is 0 Å². The van der Waals surface area contributed by atoms with Crippen LogP contribution in [0.5, 0.6) is 0 Å². The number of rotatable bonds is 5. The summed E-state index contributed by atoms with van der Waals surface area (Å²) in [7, 11) is 0. The summed E-state index contributed by atoms with van der Waals surface area (Å²) >= 11 is 0. The Kier molecular flexibility index (Phi) is 5.69. The topological polar surface area (TPSA) is 46.6 Å². The molecule has 1 aromatic rings. The molecule has 0 radical (unpaired) electrons. The number of hydrogen-bond donors (Lipinski definition) is 0. The van der Waals surface area contributed by atoms with Gasteiger partial charge in [0.05, 0.1) is 6.61 Å². The molecule has 1 aromatic carbocycles. The van der Waals surface area contributed by atoms with Gasteiger partial charge in [-0.1, -0.05) is 19.4 Å². The van der Waals surface area contributed by atoms with Gasteiger partial charge in [0.1, 0.15) is 23.2 Å². The Hall–Kier alpha value is -1.98. The zero-order chi connectivity index (χ0) is 17.0. The van der Waals surface area contributed by atoms with E-state index < -0.39 is 35.1 Å². The summed E-state index contributed by atoms with van der Waals surface area (Å²) in [4.78, 5) is 25.8. The number of unbranched alkanes of at least 4 members (excludes halogenated alkanes) is 1. The first-order valence-electron chi connectivity index (χ1n) is 7.89. The Bertz CT molecular complexity index is 604. The molecule has 1 fully saturated rings. The van der Waals surface area contributed by atoms with Gasteiger partial charge in [-0.25, -0.2) is 13.6 Å². The lowest BCUT2D eigenvalue weighted by Crippen LogP contribution is -2.42. The van der Waals surface area contributed by atoms with E-state index in [0.29, 0.717) is 26.0 Å². The summed E-state index contributed by atoms with van der Waals surface area (Å²) in [6.45, 7) is 4.02. The van der Waals surface area contributed by atoms with Crippen molar-refractivity contribution in [1.29, 1.82) is 0 Å². The second-order valence-electron chi connectivity index (χ2n) is 5.73. The number of halogens is 2. The smallest absolute Gasteiger partial charge is 0.328 e. The molecule has 0 N–H and O–H groups in total. The van der Waals surface area contributed by atoms with Gasteiger partial charge in [0.15, 0.2) is 0 Å². The summed E-state index contributed by atoms with van der Waals surface area (Å²) in [6, 6.07) is 1.58. The fourth-order valence-corrected chi connectivity index (χ4v) is 2.66. The van der Waals surface area contributed by atoms with E-state index in [2.05, 4.69) is 0 Å². The molecule has 0 spiro atoms. The van der Waals surface area contributed by atoms with Crippen LogP contribution in [0.1, 0.15) is 48.5 Å². The van der Waals surface area contributed by atoms with Gasteiger partial charge >= 0.3 is 5.97 Å². The molecule has 1 heterocycles. The molecule has 6 heteroatoms. The van der Waals surface area contributed by atoms with Crippen LogP contribution in [0.25, 0.3) is 0 Å². The number of likely N-dealkylation sites (tertiary alicyclic amines) is 1. The Morgan fingerprint density at radius 1 is 1.35 bits per heavy atom. The van der Waals surface area contributed by atoms with E-state index in [9.17, 15) is 18.4 Å². The van der Waals surface area contributed by atoms with Gasteiger partial charge in [-0.15, -0.1) is 0 Å². The number of aryl methyl sites for hydroxylation is 1. The highest BCUT2D eigenvalue weighted by Gasteiger charge is 2.37. The van der Waals surface area contributed by atoms with Crippen molar-refractivity contribution in [2.45, 2.75) is 45.6 Å². The monoisotopic (exact) mass is 325 g/mol. The molecule has 0 bridgehead atoms. The van der Waals surface area contributed by atoms with E-state index in [0.717, 1.165) is 18.9 Å². The molecule has 0 saturated carbocycles. The van der Waals surface area contributed by atoms with Crippen LogP contribution < -0.4 is 0 Å². The first-order chi connectivity index (χ1) is 11.0. The van der Waals surface area contributed by atoms with Gasteiger partial charge in [0, 0.05) is 6.54 Å². The van der Waals surface area contributed by atoms with Crippen LogP contribution in [-0.2, 0) is 9.53 Å². The van der Waals surface area contributed by atoms with Crippen molar-refractivity contribution in [3.8, 4) is 0 Å². The van der Waals surface area contributed by atoms with Crippen molar-refractivity contribution < 1.29 is 23.1 Å². The Morgan fingerprint density at radius 2 is 2.09 bits per heavy atom. The molecule has 1 saturated heterocycles. The normalized spacial score (nSPS) is 17.4. The molecular formula is C17H21F2NO3. The minimum atomic E-state index is -0.914.